The Morgan fingerprint density at radius 1 is 1.20 bits per heavy atom. The molecule has 1 amide bonds. The van der Waals surface area contributed by atoms with Crippen molar-refractivity contribution >= 4 is 11.7 Å². The van der Waals surface area contributed by atoms with Crippen molar-refractivity contribution in [1.29, 1.82) is 0 Å². The Morgan fingerprint density at radius 3 is 2.59 bits per heavy atom. The molecule has 0 spiro atoms. The van der Waals surface area contributed by atoms with Crippen LogP contribution in [0.2, 0.25) is 0 Å². The molecule has 9 heteroatoms. The topological polar surface area (TPSA) is 81.9 Å². The highest BCUT2D eigenvalue weighted by molar-refractivity contribution is 5.87. The number of carbonyl (C=O) groups excluding carboxylic acids is 1. The predicted octanol–water partition coefficient (Wildman–Crippen LogP) is 4.46. The summed E-state index contributed by atoms with van der Waals surface area (Å²) in [7, 11) is 1.90. The van der Waals surface area contributed by atoms with E-state index in [9.17, 15) is 14.7 Å². The van der Waals surface area contributed by atoms with Gasteiger partial charge in [-0.1, -0.05) is 44.7 Å². The number of rotatable bonds is 5. The molecule has 2 aliphatic rings. The lowest BCUT2D eigenvalue weighted by atomic mass is 9.91. The number of fused-ring (bicyclic) bond motifs is 1. The van der Waals surface area contributed by atoms with E-state index < -0.39 is 17.5 Å². The van der Waals surface area contributed by atoms with Crippen molar-refractivity contribution in [3.8, 4) is 11.4 Å². The fourth-order valence-electron chi connectivity index (χ4n) is 6.36. The largest absolute Gasteiger partial charge is 0.508 e. The lowest BCUT2D eigenvalue weighted by Crippen LogP contribution is -2.54. The second-order valence-corrected chi connectivity index (χ2v) is 11.5. The fourth-order valence-corrected chi connectivity index (χ4v) is 6.36. The number of hydrogen-bond donors (Lipinski definition) is 1. The number of aryl methyl sites for hydroxylation is 1. The van der Waals surface area contributed by atoms with E-state index in [4.69, 9.17) is 4.98 Å². The molecule has 2 aromatic carbocycles. The Hall–Kier alpha value is -3.98. The van der Waals surface area contributed by atoms with Gasteiger partial charge in [-0.05, 0) is 56.1 Å². The highest BCUT2D eigenvalue weighted by Crippen LogP contribution is 2.41. The standard InChI is InChI=1S/C32H38FN5O3/c1-7-28(40)36-14-15-37(21(5)17-36)31-23-18-35(6)26(29-24(33)12-9-13-27(29)39)16-25(23)38(32(41)34-31)30-20(4)10-8-11-22(30)19(2)3/h7-13,19,21,26,39H,1,14-18H2,2-6H3/t21-,26?/m0/s1. The first-order valence-electron chi connectivity index (χ1n) is 14.1. The van der Waals surface area contributed by atoms with Gasteiger partial charge in [-0.15, -0.1) is 0 Å². The minimum atomic E-state index is -0.490. The molecule has 2 atom stereocenters. The number of anilines is 1. The van der Waals surface area contributed by atoms with Gasteiger partial charge in [0.15, 0.2) is 0 Å². The number of likely N-dealkylation sites (N-methyl/N-ethyl adjacent to an activating group) is 1. The summed E-state index contributed by atoms with van der Waals surface area (Å²) in [6, 6.07) is 9.78. The molecule has 1 aromatic heterocycles. The summed E-state index contributed by atoms with van der Waals surface area (Å²) in [5.41, 5.74) is 4.26. The molecule has 8 nitrogen and oxygen atoms in total. The van der Waals surface area contributed by atoms with Gasteiger partial charge in [-0.2, -0.15) is 4.98 Å². The summed E-state index contributed by atoms with van der Waals surface area (Å²) >= 11 is 0. The van der Waals surface area contributed by atoms with Crippen molar-refractivity contribution in [2.75, 3.05) is 31.6 Å². The molecule has 1 fully saturated rings. The van der Waals surface area contributed by atoms with Crippen molar-refractivity contribution in [3.63, 3.8) is 0 Å². The van der Waals surface area contributed by atoms with Crippen LogP contribution in [0.4, 0.5) is 10.2 Å². The average molecular weight is 560 g/mol. The van der Waals surface area contributed by atoms with Gasteiger partial charge in [0.05, 0.1) is 5.69 Å². The number of nitrogens with zero attached hydrogens (tertiary/aromatic N) is 5. The quantitative estimate of drug-likeness (QED) is 0.465. The Morgan fingerprint density at radius 2 is 1.93 bits per heavy atom. The Labute approximate surface area is 240 Å². The van der Waals surface area contributed by atoms with E-state index in [0.29, 0.717) is 38.4 Å². The lowest BCUT2D eigenvalue weighted by Gasteiger charge is -2.43. The molecule has 216 valence electrons. The van der Waals surface area contributed by atoms with Crippen molar-refractivity contribution in [3.05, 3.63) is 93.3 Å². The van der Waals surface area contributed by atoms with E-state index in [0.717, 1.165) is 28.1 Å². The summed E-state index contributed by atoms with van der Waals surface area (Å²) in [4.78, 5) is 36.9. The van der Waals surface area contributed by atoms with Crippen molar-refractivity contribution in [2.24, 2.45) is 0 Å². The molecule has 0 aliphatic carbocycles. The monoisotopic (exact) mass is 559 g/mol. The smallest absolute Gasteiger partial charge is 0.354 e. The molecule has 0 bridgehead atoms. The second kappa shape index (κ2) is 11.1. The molecule has 0 saturated carbocycles. The molecule has 2 aliphatic heterocycles. The first kappa shape index (κ1) is 28.5. The van der Waals surface area contributed by atoms with Crippen LogP contribution < -0.4 is 10.6 Å². The molecule has 3 heterocycles. The SMILES string of the molecule is C=CC(=O)N1CCN(c2nc(=O)n(-c3c(C)cccc3C(C)C)c3c2CN(C)C(c2c(O)cccc2F)C3)[C@@H](C)C1. The summed E-state index contributed by atoms with van der Waals surface area (Å²) in [6.07, 6.45) is 1.63. The lowest BCUT2D eigenvalue weighted by molar-refractivity contribution is -0.126. The number of aromatic nitrogens is 2. The van der Waals surface area contributed by atoms with Gasteiger partial charge >= 0.3 is 5.69 Å². The number of para-hydroxylation sites is 1. The fraction of sp³-hybridized carbons (Fsp3) is 0.406. The second-order valence-electron chi connectivity index (χ2n) is 11.5. The third-order valence-corrected chi connectivity index (χ3v) is 8.47. The molecule has 1 saturated heterocycles. The van der Waals surface area contributed by atoms with E-state index in [1.807, 2.05) is 44.0 Å². The van der Waals surface area contributed by atoms with Gasteiger partial charge in [-0.3, -0.25) is 14.3 Å². The van der Waals surface area contributed by atoms with E-state index in [2.05, 4.69) is 25.3 Å². The van der Waals surface area contributed by atoms with Crippen LogP contribution in [0.25, 0.3) is 5.69 Å². The van der Waals surface area contributed by atoms with Crippen LogP contribution in [-0.4, -0.2) is 63.1 Å². The maximum Gasteiger partial charge on any atom is 0.354 e. The van der Waals surface area contributed by atoms with Gasteiger partial charge in [0.2, 0.25) is 5.91 Å². The molecule has 5 rings (SSSR count). The molecular formula is C32H38FN5O3. The zero-order chi connectivity index (χ0) is 29.6. The van der Waals surface area contributed by atoms with Crippen LogP contribution in [0.5, 0.6) is 5.75 Å². The first-order chi connectivity index (χ1) is 19.5. The Kier molecular flexibility index (Phi) is 7.74. The van der Waals surface area contributed by atoms with Gasteiger partial charge in [0, 0.05) is 61.5 Å². The van der Waals surface area contributed by atoms with E-state index in [-0.39, 0.29) is 29.2 Å². The maximum atomic E-state index is 15.2. The highest BCUT2D eigenvalue weighted by Gasteiger charge is 2.37. The Bertz CT molecular complexity index is 1550. The number of carbonyl (C=O) groups is 1. The summed E-state index contributed by atoms with van der Waals surface area (Å²) in [5, 5.41) is 10.7. The molecule has 0 radical (unpaired) electrons. The first-order valence-corrected chi connectivity index (χ1v) is 14.1. The van der Waals surface area contributed by atoms with Crippen molar-refractivity contribution in [2.45, 2.75) is 58.7 Å². The van der Waals surface area contributed by atoms with Crippen LogP contribution in [0, 0.1) is 12.7 Å². The number of amides is 1. The zero-order valence-corrected chi connectivity index (χ0v) is 24.4. The third-order valence-electron chi connectivity index (χ3n) is 8.47. The van der Waals surface area contributed by atoms with Crippen molar-refractivity contribution < 1.29 is 14.3 Å². The predicted molar refractivity (Wildman–Crippen MR) is 158 cm³/mol. The van der Waals surface area contributed by atoms with Gasteiger partial charge in [0.1, 0.15) is 17.4 Å². The van der Waals surface area contributed by atoms with E-state index >= 15 is 4.39 Å². The van der Waals surface area contributed by atoms with Crippen molar-refractivity contribution in [1.82, 2.24) is 19.4 Å². The minimum absolute atomic E-state index is 0.0807. The zero-order valence-electron chi connectivity index (χ0n) is 24.4. The number of benzene rings is 2. The number of aromatic hydroxyl groups is 1. The van der Waals surface area contributed by atoms with E-state index in [1.165, 1.54) is 24.3 Å². The number of hydrogen-bond acceptors (Lipinski definition) is 6. The summed E-state index contributed by atoms with van der Waals surface area (Å²) < 4.78 is 16.9. The molecular weight excluding hydrogens is 521 g/mol. The Balaban J connectivity index is 1.72. The molecule has 41 heavy (non-hydrogen) atoms. The third kappa shape index (κ3) is 5.03. The molecule has 1 N–H and O–H groups in total. The highest BCUT2D eigenvalue weighted by atomic mass is 19.1. The number of piperazine rings is 1. The number of phenols is 1. The maximum absolute atomic E-state index is 15.2. The van der Waals surface area contributed by atoms with Crippen LogP contribution >= 0.6 is 0 Å². The van der Waals surface area contributed by atoms with Crippen LogP contribution in [-0.2, 0) is 17.8 Å². The summed E-state index contributed by atoms with van der Waals surface area (Å²) in [6.45, 7) is 13.7. The number of halogens is 1. The van der Waals surface area contributed by atoms with Crippen LogP contribution in [0.15, 0.2) is 53.8 Å². The molecule has 3 aromatic rings. The van der Waals surface area contributed by atoms with E-state index in [1.54, 1.807) is 9.47 Å². The number of phenolic OH excluding ortho intramolecular Hbond substituents is 1. The van der Waals surface area contributed by atoms with Gasteiger partial charge in [0.25, 0.3) is 0 Å². The molecule has 1 unspecified atom stereocenters. The average Bonchev–Trinajstić information content (AvgIpc) is 2.93. The summed E-state index contributed by atoms with van der Waals surface area (Å²) in [5.74, 6) is 0.0464. The normalized spacial score (nSPS) is 19.4. The van der Waals surface area contributed by atoms with Gasteiger partial charge in [-0.25, -0.2) is 9.18 Å². The minimum Gasteiger partial charge on any atom is -0.508 e. The van der Waals surface area contributed by atoms with Crippen LogP contribution in [0.3, 0.4) is 0 Å². The van der Waals surface area contributed by atoms with Gasteiger partial charge < -0.3 is 14.9 Å². The van der Waals surface area contributed by atoms with Crippen LogP contribution in [0.1, 0.15) is 60.7 Å².